The molecule has 2 aromatic heterocycles. The zero-order valence-corrected chi connectivity index (χ0v) is 20.5. The lowest BCUT2D eigenvalue weighted by Gasteiger charge is -2.21. The van der Waals surface area contributed by atoms with Gasteiger partial charge in [-0.1, -0.05) is 17.8 Å². The Labute approximate surface area is 200 Å². The van der Waals surface area contributed by atoms with E-state index in [2.05, 4.69) is 0 Å². The summed E-state index contributed by atoms with van der Waals surface area (Å²) >= 11 is 2.98. The summed E-state index contributed by atoms with van der Waals surface area (Å²) in [7, 11) is 1.79. The molecular formula is C24H27N3O4S2. The fraction of sp³-hybridized carbons (Fsp3) is 0.458. The Morgan fingerprint density at radius 3 is 2.82 bits per heavy atom. The molecule has 0 N–H and O–H groups in total. The molecule has 1 aliphatic heterocycles. The van der Waals surface area contributed by atoms with Crippen molar-refractivity contribution >= 4 is 39.2 Å². The Hall–Kier alpha value is -2.52. The van der Waals surface area contributed by atoms with Crippen LogP contribution in [0.3, 0.4) is 0 Å². The molecule has 9 heteroatoms. The van der Waals surface area contributed by atoms with E-state index in [-0.39, 0.29) is 17.2 Å². The SMILES string of the molecule is CCn1c(SCC(=O)N(C)Cc2ccc3c(c2)OCCO3)nc2sc3c(c2c1=O)CCCC3. The third-order valence-electron chi connectivity index (χ3n) is 6.13. The van der Waals surface area contributed by atoms with Crippen molar-refractivity contribution in [3.05, 3.63) is 44.6 Å². The van der Waals surface area contributed by atoms with Gasteiger partial charge in [-0.2, -0.15) is 0 Å². The molecule has 0 unspecified atom stereocenters. The second kappa shape index (κ2) is 9.38. The Morgan fingerprint density at radius 2 is 2.00 bits per heavy atom. The first kappa shape index (κ1) is 22.3. The number of rotatable bonds is 6. The third-order valence-corrected chi connectivity index (χ3v) is 8.28. The molecule has 3 heterocycles. The molecule has 33 heavy (non-hydrogen) atoms. The predicted molar refractivity (Wildman–Crippen MR) is 131 cm³/mol. The number of aromatic nitrogens is 2. The van der Waals surface area contributed by atoms with Crippen LogP contribution in [0.5, 0.6) is 11.5 Å². The summed E-state index contributed by atoms with van der Waals surface area (Å²) < 4.78 is 12.9. The van der Waals surface area contributed by atoms with Gasteiger partial charge in [0.25, 0.3) is 5.56 Å². The van der Waals surface area contributed by atoms with Gasteiger partial charge in [0.1, 0.15) is 18.0 Å². The van der Waals surface area contributed by atoms with Crippen LogP contribution in [0, 0.1) is 0 Å². The number of aryl methyl sites for hydroxylation is 2. The maximum absolute atomic E-state index is 13.2. The monoisotopic (exact) mass is 485 g/mol. The van der Waals surface area contributed by atoms with Gasteiger partial charge >= 0.3 is 0 Å². The number of benzene rings is 1. The molecule has 0 atom stereocenters. The van der Waals surface area contributed by atoms with Gasteiger partial charge in [0.15, 0.2) is 16.7 Å². The van der Waals surface area contributed by atoms with Gasteiger partial charge in [-0.25, -0.2) is 4.98 Å². The summed E-state index contributed by atoms with van der Waals surface area (Å²) in [4.78, 5) is 34.7. The van der Waals surface area contributed by atoms with E-state index in [9.17, 15) is 9.59 Å². The van der Waals surface area contributed by atoms with Crippen molar-refractivity contribution in [2.45, 2.75) is 50.9 Å². The highest BCUT2D eigenvalue weighted by Gasteiger charge is 2.22. The first-order valence-corrected chi connectivity index (χ1v) is 13.2. The number of hydrogen-bond acceptors (Lipinski definition) is 7. The molecule has 0 spiro atoms. The van der Waals surface area contributed by atoms with E-state index in [1.807, 2.05) is 25.1 Å². The first-order valence-electron chi connectivity index (χ1n) is 11.4. The maximum Gasteiger partial charge on any atom is 0.263 e. The van der Waals surface area contributed by atoms with Crippen molar-refractivity contribution in [1.29, 1.82) is 0 Å². The van der Waals surface area contributed by atoms with Gasteiger partial charge in [-0.05, 0) is 55.9 Å². The normalized spacial score (nSPS) is 14.8. The number of ether oxygens (including phenoxy) is 2. The summed E-state index contributed by atoms with van der Waals surface area (Å²) in [5.41, 5.74) is 2.21. The zero-order chi connectivity index (χ0) is 22.9. The lowest BCUT2D eigenvalue weighted by molar-refractivity contribution is -0.127. The van der Waals surface area contributed by atoms with Crippen LogP contribution in [0.15, 0.2) is 28.2 Å². The summed E-state index contributed by atoms with van der Waals surface area (Å²) in [6.07, 6.45) is 4.30. The van der Waals surface area contributed by atoms with E-state index in [0.717, 1.165) is 46.5 Å². The highest BCUT2D eigenvalue weighted by molar-refractivity contribution is 7.99. The largest absolute Gasteiger partial charge is 0.486 e. The van der Waals surface area contributed by atoms with Crippen molar-refractivity contribution in [3.63, 3.8) is 0 Å². The van der Waals surface area contributed by atoms with E-state index >= 15 is 0 Å². The van der Waals surface area contributed by atoms with E-state index in [4.69, 9.17) is 14.5 Å². The quantitative estimate of drug-likeness (QED) is 0.390. The molecule has 0 saturated heterocycles. The van der Waals surface area contributed by atoms with E-state index in [1.165, 1.54) is 28.6 Å². The van der Waals surface area contributed by atoms with E-state index < -0.39 is 0 Å². The number of thiophene rings is 1. The number of thioether (sulfide) groups is 1. The predicted octanol–water partition coefficient (Wildman–Crippen LogP) is 3.88. The smallest absolute Gasteiger partial charge is 0.263 e. The highest BCUT2D eigenvalue weighted by Crippen LogP contribution is 2.35. The van der Waals surface area contributed by atoms with Gasteiger partial charge in [-0.3, -0.25) is 14.2 Å². The van der Waals surface area contributed by atoms with Crippen LogP contribution in [-0.4, -0.2) is 46.4 Å². The third kappa shape index (κ3) is 4.36. The second-order valence-electron chi connectivity index (χ2n) is 8.35. The molecule has 1 amide bonds. The molecule has 0 bridgehead atoms. The molecule has 174 valence electrons. The Balaban J connectivity index is 1.30. The summed E-state index contributed by atoms with van der Waals surface area (Å²) in [6, 6.07) is 5.76. The fourth-order valence-corrected chi connectivity index (χ4v) is 6.70. The lowest BCUT2D eigenvalue weighted by Crippen LogP contribution is -2.29. The summed E-state index contributed by atoms with van der Waals surface area (Å²) in [5.74, 6) is 1.67. The average Bonchev–Trinajstić information content (AvgIpc) is 3.21. The summed E-state index contributed by atoms with van der Waals surface area (Å²) in [6.45, 7) is 4.05. The van der Waals surface area contributed by atoms with Crippen LogP contribution in [0.1, 0.15) is 35.8 Å². The van der Waals surface area contributed by atoms with Gasteiger partial charge in [-0.15, -0.1) is 11.3 Å². The van der Waals surface area contributed by atoms with E-state index in [1.54, 1.807) is 27.9 Å². The van der Waals surface area contributed by atoms with Crippen LogP contribution in [0.4, 0.5) is 0 Å². The van der Waals surface area contributed by atoms with Crippen LogP contribution in [-0.2, 0) is 30.7 Å². The second-order valence-corrected chi connectivity index (χ2v) is 10.4. The van der Waals surface area contributed by atoms with E-state index in [0.29, 0.717) is 31.5 Å². The fourth-order valence-electron chi connectivity index (χ4n) is 4.39. The standard InChI is InChI=1S/C24H27N3O4S2/c1-3-27-23(29)21-16-6-4-5-7-19(16)33-22(21)25-24(27)32-14-20(28)26(2)13-15-8-9-17-18(12-15)31-11-10-30-17/h8-9,12H,3-7,10-11,13-14H2,1-2H3. The Morgan fingerprint density at radius 1 is 1.21 bits per heavy atom. The van der Waals surface area contributed by atoms with Gasteiger partial charge in [0.05, 0.1) is 11.1 Å². The topological polar surface area (TPSA) is 73.7 Å². The molecule has 0 saturated carbocycles. The molecule has 3 aromatic rings. The van der Waals surface area contributed by atoms with Crippen LogP contribution in [0.2, 0.25) is 0 Å². The molecule has 5 rings (SSSR count). The van der Waals surface area contributed by atoms with Gasteiger partial charge in [0.2, 0.25) is 5.91 Å². The number of carbonyl (C=O) groups is 1. The van der Waals surface area contributed by atoms with Crippen molar-refractivity contribution < 1.29 is 14.3 Å². The van der Waals surface area contributed by atoms with Crippen molar-refractivity contribution in [3.8, 4) is 11.5 Å². The van der Waals surface area contributed by atoms with Gasteiger partial charge in [0, 0.05) is 25.0 Å². The van der Waals surface area contributed by atoms with Crippen LogP contribution in [0.25, 0.3) is 10.2 Å². The van der Waals surface area contributed by atoms with Crippen molar-refractivity contribution in [1.82, 2.24) is 14.5 Å². The number of amides is 1. The van der Waals surface area contributed by atoms with Crippen LogP contribution < -0.4 is 15.0 Å². The molecule has 1 aromatic carbocycles. The van der Waals surface area contributed by atoms with Crippen molar-refractivity contribution in [2.24, 2.45) is 0 Å². The molecule has 0 radical (unpaired) electrons. The zero-order valence-electron chi connectivity index (χ0n) is 18.9. The maximum atomic E-state index is 13.2. The molecular weight excluding hydrogens is 458 g/mol. The highest BCUT2D eigenvalue weighted by atomic mass is 32.2. The Bertz CT molecular complexity index is 1270. The molecule has 7 nitrogen and oxygen atoms in total. The Kier molecular flexibility index (Phi) is 6.34. The average molecular weight is 486 g/mol. The number of fused-ring (bicyclic) bond motifs is 4. The van der Waals surface area contributed by atoms with Crippen molar-refractivity contribution in [2.75, 3.05) is 26.0 Å². The minimum atomic E-state index is -0.0163. The number of hydrogen-bond donors (Lipinski definition) is 0. The number of nitrogens with zero attached hydrogens (tertiary/aromatic N) is 3. The minimum absolute atomic E-state index is 0.0163. The molecule has 1 aliphatic carbocycles. The first-order chi connectivity index (χ1) is 16.0. The minimum Gasteiger partial charge on any atom is -0.486 e. The molecule has 0 fully saturated rings. The molecule has 2 aliphatic rings. The summed E-state index contributed by atoms with van der Waals surface area (Å²) in [5, 5.41) is 1.41. The van der Waals surface area contributed by atoms with Gasteiger partial charge < -0.3 is 14.4 Å². The lowest BCUT2D eigenvalue weighted by atomic mass is 9.97. The number of carbonyl (C=O) groups excluding carboxylic acids is 1. The van der Waals surface area contributed by atoms with Crippen LogP contribution >= 0.6 is 23.1 Å².